The van der Waals surface area contributed by atoms with Crippen LogP contribution in [0.25, 0.3) is 0 Å². The number of carboxylic acids is 1. The minimum Gasteiger partial charge on any atom is -0.480 e. The van der Waals surface area contributed by atoms with E-state index in [0.717, 1.165) is 0 Å². The van der Waals surface area contributed by atoms with Gasteiger partial charge < -0.3 is 10.4 Å². The Balaban J connectivity index is 2.95. The van der Waals surface area contributed by atoms with Crippen LogP contribution in [-0.2, 0) is 4.79 Å². The van der Waals surface area contributed by atoms with Gasteiger partial charge in [-0.3, -0.25) is 0 Å². The van der Waals surface area contributed by atoms with E-state index in [9.17, 15) is 4.79 Å². The maximum absolute atomic E-state index is 11.1. The highest BCUT2D eigenvalue weighted by atomic mass is 35.5. The van der Waals surface area contributed by atoms with Crippen LogP contribution in [0.5, 0.6) is 0 Å². The Morgan fingerprint density at radius 3 is 2.50 bits per heavy atom. The Labute approximate surface area is 104 Å². The highest BCUT2D eigenvalue weighted by molar-refractivity contribution is 6.42. The number of carboxylic acid groups (broad SMARTS) is 1. The standard InChI is InChI=1S/C11H13Cl2NO2/c1-3-11(2,10(15)16)14-7-4-5-8(12)9(13)6-7/h4-6,14H,3H2,1-2H3,(H,15,16). The van der Waals surface area contributed by atoms with Crippen LogP contribution in [0.3, 0.4) is 0 Å². The van der Waals surface area contributed by atoms with Gasteiger partial charge in [-0.15, -0.1) is 0 Å². The second-order valence-electron chi connectivity index (χ2n) is 3.74. The van der Waals surface area contributed by atoms with E-state index in [4.69, 9.17) is 28.3 Å². The van der Waals surface area contributed by atoms with Crippen LogP contribution in [0.15, 0.2) is 18.2 Å². The number of nitrogens with one attached hydrogen (secondary N) is 1. The molecule has 88 valence electrons. The van der Waals surface area contributed by atoms with E-state index < -0.39 is 11.5 Å². The molecule has 1 atom stereocenters. The molecule has 1 aromatic carbocycles. The minimum atomic E-state index is -1.00. The van der Waals surface area contributed by atoms with Gasteiger partial charge in [-0.1, -0.05) is 30.1 Å². The first-order chi connectivity index (χ1) is 7.39. The van der Waals surface area contributed by atoms with Gasteiger partial charge >= 0.3 is 5.97 Å². The third kappa shape index (κ3) is 2.80. The third-order valence-corrected chi connectivity index (χ3v) is 3.26. The summed E-state index contributed by atoms with van der Waals surface area (Å²) < 4.78 is 0. The zero-order valence-electron chi connectivity index (χ0n) is 9.05. The molecule has 0 spiro atoms. The molecule has 3 nitrogen and oxygen atoms in total. The highest BCUT2D eigenvalue weighted by Gasteiger charge is 2.30. The van der Waals surface area contributed by atoms with E-state index in [2.05, 4.69) is 5.32 Å². The maximum atomic E-state index is 11.1. The molecule has 0 aliphatic rings. The zero-order valence-corrected chi connectivity index (χ0v) is 10.6. The molecule has 16 heavy (non-hydrogen) atoms. The molecule has 0 heterocycles. The molecule has 0 amide bonds. The second-order valence-corrected chi connectivity index (χ2v) is 4.56. The Morgan fingerprint density at radius 2 is 2.06 bits per heavy atom. The van der Waals surface area contributed by atoms with Crippen LogP contribution in [0.1, 0.15) is 20.3 Å². The van der Waals surface area contributed by atoms with Gasteiger partial charge in [-0.25, -0.2) is 4.79 Å². The fourth-order valence-electron chi connectivity index (χ4n) is 1.19. The summed E-state index contributed by atoms with van der Waals surface area (Å²) in [7, 11) is 0. The molecular formula is C11H13Cl2NO2. The zero-order chi connectivity index (χ0) is 12.3. The fourth-order valence-corrected chi connectivity index (χ4v) is 1.48. The first-order valence-corrected chi connectivity index (χ1v) is 5.61. The van der Waals surface area contributed by atoms with Crippen LogP contribution in [-0.4, -0.2) is 16.6 Å². The molecular weight excluding hydrogens is 249 g/mol. The highest BCUT2D eigenvalue weighted by Crippen LogP contribution is 2.27. The molecule has 0 aliphatic heterocycles. The molecule has 2 N–H and O–H groups in total. The van der Waals surface area contributed by atoms with Crippen molar-refractivity contribution in [3.8, 4) is 0 Å². The number of halogens is 2. The van der Waals surface area contributed by atoms with Crippen molar-refractivity contribution >= 4 is 34.9 Å². The SMILES string of the molecule is CCC(C)(Nc1ccc(Cl)c(Cl)c1)C(=O)O. The Bertz CT molecular complexity index is 409. The van der Waals surface area contributed by atoms with Crippen molar-refractivity contribution in [2.75, 3.05) is 5.32 Å². The largest absolute Gasteiger partial charge is 0.480 e. The maximum Gasteiger partial charge on any atom is 0.329 e. The van der Waals surface area contributed by atoms with Crippen molar-refractivity contribution in [1.29, 1.82) is 0 Å². The number of benzene rings is 1. The molecule has 0 saturated carbocycles. The van der Waals surface area contributed by atoms with Gasteiger partial charge in [-0.2, -0.15) is 0 Å². The van der Waals surface area contributed by atoms with E-state index in [1.54, 1.807) is 32.0 Å². The summed E-state index contributed by atoms with van der Waals surface area (Å²) in [4.78, 5) is 11.1. The Morgan fingerprint density at radius 1 is 1.44 bits per heavy atom. The molecule has 0 bridgehead atoms. The first kappa shape index (κ1) is 13.1. The molecule has 1 rings (SSSR count). The van der Waals surface area contributed by atoms with Gasteiger partial charge in [0.2, 0.25) is 0 Å². The van der Waals surface area contributed by atoms with Gasteiger partial charge in [-0.05, 0) is 31.5 Å². The molecule has 0 aromatic heterocycles. The van der Waals surface area contributed by atoms with E-state index in [-0.39, 0.29) is 0 Å². The third-order valence-electron chi connectivity index (χ3n) is 2.52. The van der Waals surface area contributed by atoms with Crippen molar-refractivity contribution in [3.05, 3.63) is 28.2 Å². The lowest BCUT2D eigenvalue weighted by Gasteiger charge is -2.26. The van der Waals surface area contributed by atoms with Gasteiger partial charge in [0.15, 0.2) is 0 Å². The van der Waals surface area contributed by atoms with Gasteiger partial charge in [0.1, 0.15) is 5.54 Å². The average Bonchev–Trinajstić information content (AvgIpc) is 2.23. The number of aliphatic carboxylic acids is 1. The Kier molecular flexibility index (Phi) is 4.05. The molecule has 0 aliphatic carbocycles. The summed E-state index contributed by atoms with van der Waals surface area (Å²) in [5, 5.41) is 12.9. The van der Waals surface area contributed by atoms with Crippen molar-refractivity contribution < 1.29 is 9.90 Å². The van der Waals surface area contributed by atoms with Crippen molar-refractivity contribution in [2.24, 2.45) is 0 Å². The van der Waals surface area contributed by atoms with E-state index >= 15 is 0 Å². The van der Waals surface area contributed by atoms with Gasteiger partial charge in [0, 0.05) is 5.69 Å². The molecule has 5 heteroatoms. The lowest BCUT2D eigenvalue weighted by atomic mass is 9.99. The Hall–Kier alpha value is -0.930. The predicted molar refractivity (Wildman–Crippen MR) is 66.4 cm³/mol. The minimum absolute atomic E-state index is 0.399. The summed E-state index contributed by atoms with van der Waals surface area (Å²) in [6.45, 7) is 3.43. The lowest BCUT2D eigenvalue weighted by Crippen LogP contribution is -2.42. The van der Waals surface area contributed by atoms with E-state index in [0.29, 0.717) is 22.2 Å². The molecule has 1 unspecified atom stereocenters. The van der Waals surface area contributed by atoms with Crippen LogP contribution in [0, 0.1) is 0 Å². The second kappa shape index (κ2) is 4.93. The summed E-state index contributed by atoms with van der Waals surface area (Å²) >= 11 is 11.6. The van der Waals surface area contributed by atoms with Gasteiger partial charge in [0.25, 0.3) is 0 Å². The van der Waals surface area contributed by atoms with Crippen molar-refractivity contribution in [1.82, 2.24) is 0 Å². The lowest BCUT2D eigenvalue weighted by molar-refractivity contribution is -0.141. The van der Waals surface area contributed by atoms with Crippen LogP contribution >= 0.6 is 23.2 Å². The summed E-state index contributed by atoms with van der Waals surface area (Å²) in [5.74, 6) is -0.902. The van der Waals surface area contributed by atoms with Gasteiger partial charge in [0.05, 0.1) is 10.0 Å². The normalized spacial score (nSPS) is 14.2. The van der Waals surface area contributed by atoms with E-state index in [1.165, 1.54) is 0 Å². The molecule has 0 saturated heterocycles. The number of rotatable bonds is 4. The molecule has 1 aromatic rings. The summed E-state index contributed by atoms with van der Waals surface area (Å²) in [6.07, 6.45) is 0.461. The predicted octanol–water partition coefficient (Wildman–Crippen LogP) is 3.66. The smallest absolute Gasteiger partial charge is 0.329 e. The number of hydrogen-bond acceptors (Lipinski definition) is 2. The van der Waals surface area contributed by atoms with Crippen molar-refractivity contribution in [2.45, 2.75) is 25.8 Å². The number of hydrogen-bond donors (Lipinski definition) is 2. The van der Waals surface area contributed by atoms with E-state index in [1.807, 2.05) is 0 Å². The quantitative estimate of drug-likeness (QED) is 0.870. The summed E-state index contributed by atoms with van der Waals surface area (Å²) in [6, 6.07) is 4.94. The van der Waals surface area contributed by atoms with Crippen LogP contribution < -0.4 is 5.32 Å². The topological polar surface area (TPSA) is 49.3 Å². The number of anilines is 1. The molecule has 0 radical (unpaired) electrons. The summed E-state index contributed by atoms with van der Waals surface area (Å²) in [5.41, 5.74) is -0.363. The average molecular weight is 262 g/mol. The molecule has 0 fully saturated rings. The van der Waals surface area contributed by atoms with Crippen LogP contribution in [0.2, 0.25) is 10.0 Å². The monoisotopic (exact) mass is 261 g/mol. The fraction of sp³-hybridized carbons (Fsp3) is 0.364. The number of carbonyl (C=O) groups is 1. The van der Waals surface area contributed by atoms with Crippen LogP contribution in [0.4, 0.5) is 5.69 Å². The first-order valence-electron chi connectivity index (χ1n) is 4.85. The van der Waals surface area contributed by atoms with Crippen molar-refractivity contribution in [3.63, 3.8) is 0 Å².